The molecule has 0 spiro atoms. The average molecular weight is 367 g/mol. The van der Waals surface area contributed by atoms with Crippen LogP contribution in [0.5, 0.6) is 0 Å². The number of nitrogens with two attached hydrogens (primary N) is 1. The van der Waals surface area contributed by atoms with Gasteiger partial charge in [0.1, 0.15) is 10.7 Å². The van der Waals surface area contributed by atoms with Crippen LogP contribution in [-0.2, 0) is 15.4 Å². The van der Waals surface area contributed by atoms with E-state index in [9.17, 15) is 22.9 Å². The zero-order chi connectivity index (χ0) is 18.8. The molecule has 0 aliphatic rings. The molecule has 0 saturated carbocycles. The third-order valence-corrected chi connectivity index (χ3v) is 4.76. The predicted molar refractivity (Wildman–Crippen MR) is 92.4 cm³/mol. The van der Waals surface area contributed by atoms with Crippen LogP contribution in [0.15, 0.2) is 47.4 Å². The molecule has 9 heteroatoms. The van der Waals surface area contributed by atoms with E-state index < -0.39 is 20.4 Å². The van der Waals surface area contributed by atoms with Crippen molar-refractivity contribution in [2.75, 3.05) is 11.9 Å². The highest BCUT2D eigenvalue weighted by Gasteiger charge is 2.24. The Hall–Kier alpha value is -2.52. The number of primary sulfonamides is 1. The molecular formula is C16H18FN3O4S. The molecule has 0 saturated heterocycles. The third-order valence-electron chi connectivity index (χ3n) is 3.81. The molecule has 0 aliphatic heterocycles. The Morgan fingerprint density at radius 2 is 1.92 bits per heavy atom. The van der Waals surface area contributed by atoms with Gasteiger partial charge in [0.15, 0.2) is 0 Å². The van der Waals surface area contributed by atoms with Crippen LogP contribution in [0, 0.1) is 15.9 Å². The summed E-state index contributed by atoms with van der Waals surface area (Å²) in [5, 5.41) is 18.9. The first-order valence-corrected chi connectivity index (χ1v) is 8.86. The normalized spacial score (nSPS) is 12.0. The second-order valence-corrected chi connectivity index (χ2v) is 7.76. The molecule has 2 aromatic rings. The van der Waals surface area contributed by atoms with Crippen LogP contribution in [0.1, 0.15) is 19.4 Å². The maximum absolute atomic E-state index is 13.4. The number of rotatable bonds is 6. The van der Waals surface area contributed by atoms with Crippen molar-refractivity contribution in [1.29, 1.82) is 0 Å². The number of non-ortho nitro benzene ring substituents is 1. The largest absolute Gasteiger partial charge is 0.383 e. The third kappa shape index (κ3) is 4.52. The minimum absolute atomic E-state index is 0.151. The van der Waals surface area contributed by atoms with Gasteiger partial charge in [-0.2, -0.15) is 0 Å². The Bertz CT molecular complexity index is 913. The molecule has 0 atom stereocenters. The maximum Gasteiger partial charge on any atom is 0.270 e. The summed E-state index contributed by atoms with van der Waals surface area (Å²) in [4.78, 5) is 9.78. The highest BCUT2D eigenvalue weighted by molar-refractivity contribution is 7.89. The Labute approximate surface area is 144 Å². The summed E-state index contributed by atoms with van der Waals surface area (Å²) >= 11 is 0. The van der Waals surface area contributed by atoms with E-state index in [2.05, 4.69) is 5.32 Å². The number of nitro groups is 1. The second-order valence-electron chi connectivity index (χ2n) is 6.23. The van der Waals surface area contributed by atoms with E-state index in [0.717, 1.165) is 11.6 Å². The first-order chi connectivity index (χ1) is 11.5. The lowest BCUT2D eigenvalue weighted by molar-refractivity contribution is -0.385. The molecule has 0 unspecified atom stereocenters. The SMILES string of the molecule is CC(C)(CNc1ccc([N+](=O)[O-])cc1S(N)(=O)=O)c1cccc(F)c1. The molecule has 0 aliphatic carbocycles. The molecule has 0 bridgehead atoms. The molecule has 0 radical (unpaired) electrons. The first kappa shape index (κ1) is 18.8. The lowest BCUT2D eigenvalue weighted by Gasteiger charge is -2.26. The van der Waals surface area contributed by atoms with Crippen molar-refractivity contribution < 1.29 is 17.7 Å². The first-order valence-electron chi connectivity index (χ1n) is 7.32. The zero-order valence-electron chi connectivity index (χ0n) is 13.7. The van der Waals surface area contributed by atoms with Gasteiger partial charge in [-0.15, -0.1) is 0 Å². The Kier molecular flexibility index (Phi) is 5.09. The van der Waals surface area contributed by atoms with Crippen molar-refractivity contribution in [1.82, 2.24) is 0 Å². The van der Waals surface area contributed by atoms with Gasteiger partial charge in [-0.25, -0.2) is 17.9 Å². The van der Waals surface area contributed by atoms with E-state index in [1.54, 1.807) is 12.1 Å². The molecule has 134 valence electrons. The molecular weight excluding hydrogens is 349 g/mol. The summed E-state index contributed by atoms with van der Waals surface area (Å²) in [6.07, 6.45) is 0. The molecule has 0 aromatic heterocycles. The lowest BCUT2D eigenvalue weighted by atomic mass is 9.84. The van der Waals surface area contributed by atoms with Crippen LogP contribution in [0.4, 0.5) is 15.8 Å². The average Bonchev–Trinajstić information content (AvgIpc) is 2.52. The van der Waals surface area contributed by atoms with Crippen molar-refractivity contribution in [2.24, 2.45) is 5.14 Å². The van der Waals surface area contributed by atoms with Gasteiger partial charge in [-0.3, -0.25) is 10.1 Å². The molecule has 2 rings (SSSR count). The zero-order valence-corrected chi connectivity index (χ0v) is 14.5. The molecule has 0 heterocycles. The monoisotopic (exact) mass is 367 g/mol. The van der Waals surface area contributed by atoms with Gasteiger partial charge < -0.3 is 5.32 Å². The number of nitrogens with one attached hydrogen (secondary N) is 1. The summed E-state index contributed by atoms with van der Waals surface area (Å²) in [6.45, 7) is 3.98. The van der Waals surface area contributed by atoms with Gasteiger partial charge >= 0.3 is 0 Å². The quantitative estimate of drug-likeness (QED) is 0.602. The fourth-order valence-corrected chi connectivity index (χ4v) is 3.07. The molecule has 0 amide bonds. The van der Waals surface area contributed by atoms with E-state index in [1.165, 1.54) is 24.3 Å². The number of hydrogen-bond acceptors (Lipinski definition) is 5. The van der Waals surface area contributed by atoms with Crippen LogP contribution >= 0.6 is 0 Å². The second kappa shape index (κ2) is 6.77. The fraction of sp³-hybridized carbons (Fsp3) is 0.250. The molecule has 2 aromatic carbocycles. The summed E-state index contributed by atoms with van der Waals surface area (Å²) < 4.78 is 36.9. The van der Waals surface area contributed by atoms with Gasteiger partial charge in [-0.05, 0) is 23.8 Å². The number of sulfonamides is 1. The number of hydrogen-bond donors (Lipinski definition) is 2. The van der Waals surface area contributed by atoms with Gasteiger partial charge in [0.25, 0.3) is 5.69 Å². The summed E-state index contributed by atoms with van der Waals surface area (Å²) in [6, 6.07) is 9.48. The Morgan fingerprint density at radius 1 is 1.24 bits per heavy atom. The van der Waals surface area contributed by atoms with Crippen molar-refractivity contribution in [3.05, 3.63) is 64.0 Å². The highest BCUT2D eigenvalue weighted by atomic mass is 32.2. The molecule has 3 N–H and O–H groups in total. The van der Waals surface area contributed by atoms with Crippen molar-refractivity contribution in [3.8, 4) is 0 Å². The predicted octanol–water partition coefficient (Wildman–Crippen LogP) is 2.77. The van der Waals surface area contributed by atoms with Gasteiger partial charge in [-0.1, -0.05) is 26.0 Å². The maximum atomic E-state index is 13.4. The fourth-order valence-electron chi connectivity index (χ4n) is 2.33. The van der Waals surface area contributed by atoms with E-state index in [4.69, 9.17) is 5.14 Å². The van der Waals surface area contributed by atoms with Gasteiger partial charge in [0.05, 0.1) is 10.6 Å². The Morgan fingerprint density at radius 3 is 2.48 bits per heavy atom. The van der Waals surface area contributed by atoms with E-state index in [1.807, 2.05) is 13.8 Å². The lowest BCUT2D eigenvalue weighted by Crippen LogP contribution is -2.28. The number of halogens is 1. The van der Waals surface area contributed by atoms with Crippen LogP contribution in [0.25, 0.3) is 0 Å². The van der Waals surface area contributed by atoms with Crippen LogP contribution < -0.4 is 10.5 Å². The number of benzene rings is 2. The number of anilines is 1. The van der Waals surface area contributed by atoms with Crippen LogP contribution in [-0.4, -0.2) is 19.9 Å². The number of nitrogens with zero attached hydrogens (tertiary/aromatic N) is 1. The number of nitro benzene ring substituents is 1. The molecule has 0 fully saturated rings. The summed E-state index contributed by atoms with van der Waals surface area (Å²) in [5.74, 6) is -0.369. The summed E-state index contributed by atoms with van der Waals surface area (Å²) in [5.41, 5.74) is -0.0323. The van der Waals surface area contributed by atoms with E-state index in [0.29, 0.717) is 0 Å². The van der Waals surface area contributed by atoms with Crippen molar-refractivity contribution >= 4 is 21.4 Å². The molecule has 7 nitrogen and oxygen atoms in total. The smallest absolute Gasteiger partial charge is 0.270 e. The van der Waals surface area contributed by atoms with Gasteiger partial charge in [0, 0.05) is 24.1 Å². The standard InChI is InChI=1S/C16H18FN3O4S/c1-16(2,11-4-3-5-12(17)8-11)10-19-14-7-6-13(20(21)22)9-15(14)25(18,23)24/h3-9,19H,10H2,1-2H3,(H2,18,23,24). The van der Waals surface area contributed by atoms with Crippen LogP contribution in [0.2, 0.25) is 0 Å². The van der Waals surface area contributed by atoms with Crippen molar-refractivity contribution in [2.45, 2.75) is 24.2 Å². The minimum atomic E-state index is -4.16. The van der Waals surface area contributed by atoms with E-state index in [-0.39, 0.29) is 28.6 Å². The highest BCUT2D eigenvalue weighted by Crippen LogP contribution is 2.28. The van der Waals surface area contributed by atoms with Crippen molar-refractivity contribution in [3.63, 3.8) is 0 Å². The Balaban J connectivity index is 2.32. The summed E-state index contributed by atoms with van der Waals surface area (Å²) in [7, 11) is -4.16. The topological polar surface area (TPSA) is 115 Å². The minimum Gasteiger partial charge on any atom is -0.383 e. The van der Waals surface area contributed by atoms with Gasteiger partial charge in [0.2, 0.25) is 10.0 Å². The van der Waals surface area contributed by atoms with E-state index >= 15 is 0 Å². The van der Waals surface area contributed by atoms with Crippen LogP contribution in [0.3, 0.4) is 0 Å². The molecule has 25 heavy (non-hydrogen) atoms.